The molecular weight excluding hydrogens is 275 g/mol. The number of nitrogens with one attached hydrogen (secondary N) is 2. The first-order valence-electron chi connectivity index (χ1n) is 7.08. The number of carboxylic acid groups (broad SMARTS) is 1. The summed E-state index contributed by atoms with van der Waals surface area (Å²) in [4.78, 5) is 23.3. The van der Waals surface area contributed by atoms with Crippen molar-refractivity contribution in [1.29, 1.82) is 0 Å². The minimum absolute atomic E-state index is 0.00655. The van der Waals surface area contributed by atoms with E-state index in [0.29, 0.717) is 12.3 Å². The smallest absolute Gasteiger partial charge is 0.337 e. The van der Waals surface area contributed by atoms with Crippen molar-refractivity contribution in [1.82, 2.24) is 5.32 Å². The number of carboxylic acids is 1. The summed E-state index contributed by atoms with van der Waals surface area (Å²) in [7, 11) is 0. The third-order valence-electron chi connectivity index (χ3n) is 3.88. The molecule has 2 unspecified atom stereocenters. The molecule has 0 spiro atoms. The standard InChI is InChI=1S/C15H19FN2O3/c1-2-9-5-6-17-13(7-9)14(19)18-12-8-10(16)3-4-11(12)15(20)21/h3-4,8-9,13,17H,2,5-7H2,1H3,(H,18,19)(H,20,21). The molecule has 0 aromatic heterocycles. The van der Waals surface area contributed by atoms with Gasteiger partial charge in [0.1, 0.15) is 5.82 Å². The number of carbonyl (C=O) groups excluding carboxylic acids is 1. The van der Waals surface area contributed by atoms with E-state index in [2.05, 4.69) is 17.6 Å². The van der Waals surface area contributed by atoms with Crippen molar-refractivity contribution in [2.24, 2.45) is 5.92 Å². The predicted molar refractivity (Wildman–Crippen MR) is 76.8 cm³/mol. The molecule has 6 heteroatoms. The summed E-state index contributed by atoms with van der Waals surface area (Å²) in [6.45, 7) is 2.84. The first-order chi connectivity index (χ1) is 10.0. The largest absolute Gasteiger partial charge is 0.478 e. The van der Waals surface area contributed by atoms with E-state index < -0.39 is 11.8 Å². The van der Waals surface area contributed by atoms with Gasteiger partial charge in [-0.15, -0.1) is 0 Å². The summed E-state index contributed by atoms with van der Waals surface area (Å²) in [6, 6.07) is 2.87. The number of piperidine rings is 1. The van der Waals surface area contributed by atoms with E-state index in [4.69, 9.17) is 5.11 Å². The maximum absolute atomic E-state index is 13.3. The molecule has 3 N–H and O–H groups in total. The quantitative estimate of drug-likeness (QED) is 0.796. The van der Waals surface area contributed by atoms with Gasteiger partial charge in [-0.3, -0.25) is 4.79 Å². The number of aromatic carboxylic acids is 1. The minimum atomic E-state index is -1.20. The van der Waals surface area contributed by atoms with Crippen LogP contribution >= 0.6 is 0 Å². The maximum Gasteiger partial charge on any atom is 0.337 e. The summed E-state index contributed by atoms with van der Waals surface area (Å²) in [6.07, 6.45) is 2.74. The second-order valence-corrected chi connectivity index (χ2v) is 5.29. The Kier molecular flexibility index (Phi) is 4.90. The second-order valence-electron chi connectivity index (χ2n) is 5.29. The highest BCUT2D eigenvalue weighted by molar-refractivity contribution is 6.02. The molecule has 1 aromatic rings. The summed E-state index contributed by atoms with van der Waals surface area (Å²) in [5, 5.41) is 14.7. The Balaban J connectivity index is 2.12. The number of carbonyl (C=O) groups is 2. The molecule has 1 heterocycles. The lowest BCUT2D eigenvalue weighted by molar-refractivity contribution is -0.119. The van der Waals surface area contributed by atoms with Crippen molar-refractivity contribution in [2.45, 2.75) is 32.2 Å². The van der Waals surface area contributed by atoms with E-state index in [0.717, 1.165) is 37.6 Å². The summed E-state index contributed by atoms with van der Waals surface area (Å²) in [5.74, 6) is -1.62. The Labute approximate surface area is 122 Å². The fourth-order valence-corrected chi connectivity index (χ4v) is 2.59. The molecule has 5 nitrogen and oxygen atoms in total. The number of benzene rings is 1. The highest BCUT2D eigenvalue weighted by atomic mass is 19.1. The first kappa shape index (κ1) is 15.4. The van der Waals surface area contributed by atoms with Gasteiger partial charge in [0, 0.05) is 0 Å². The zero-order chi connectivity index (χ0) is 15.4. The van der Waals surface area contributed by atoms with Crippen LogP contribution in [0, 0.1) is 11.7 Å². The molecule has 1 amide bonds. The van der Waals surface area contributed by atoms with Crippen LogP contribution in [0.1, 0.15) is 36.5 Å². The minimum Gasteiger partial charge on any atom is -0.478 e. The van der Waals surface area contributed by atoms with Crippen molar-refractivity contribution < 1.29 is 19.1 Å². The normalized spacial score (nSPS) is 21.8. The number of hydrogen-bond acceptors (Lipinski definition) is 3. The molecule has 2 atom stereocenters. The fraction of sp³-hybridized carbons (Fsp3) is 0.467. The number of hydrogen-bond donors (Lipinski definition) is 3. The number of halogens is 1. The van der Waals surface area contributed by atoms with E-state index in [1.807, 2.05) is 0 Å². The number of rotatable bonds is 4. The molecule has 0 aliphatic carbocycles. The Morgan fingerprint density at radius 1 is 1.48 bits per heavy atom. The molecule has 1 aromatic carbocycles. The van der Waals surface area contributed by atoms with Crippen LogP contribution in [0.25, 0.3) is 0 Å². The van der Waals surface area contributed by atoms with Crippen LogP contribution in [-0.4, -0.2) is 29.6 Å². The zero-order valence-corrected chi connectivity index (χ0v) is 11.9. The van der Waals surface area contributed by atoms with Crippen LogP contribution in [0.3, 0.4) is 0 Å². The second kappa shape index (κ2) is 6.67. The lowest BCUT2D eigenvalue weighted by Crippen LogP contribution is -2.46. The summed E-state index contributed by atoms with van der Waals surface area (Å²) < 4.78 is 13.3. The molecule has 0 saturated carbocycles. The van der Waals surface area contributed by atoms with E-state index >= 15 is 0 Å². The monoisotopic (exact) mass is 294 g/mol. The number of amides is 1. The van der Waals surface area contributed by atoms with Crippen LogP contribution in [0.4, 0.5) is 10.1 Å². The molecule has 0 radical (unpaired) electrons. The van der Waals surface area contributed by atoms with Crippen molar-refractivity contribution in [2.75, 3.05) is 11.9 Å². The van der Waals surface area contributed by atoms with Gasteiger partial charge in [-0.05, 0) is 43.5 Å². The van der Waals surface area contributed by atoms with Gasteiger partial charge in [0.25, 0.3) is 0 Å². The molecule has 1 aliphatic heterocycles. The van der Waals surface area contributed by atoms with Gasteiger partial charge in [-0.2, -0.15) is 0 Å². The Morgan fingerprint density at radius 2 is 2.24 bits per heavy atom. The molecule has 114 valence electrons. The van der Waals surface area contributed by atoms with Crippen molar-refractivity contribution in [3.63, 3.8) is 0 Å². The SMILES string of the molecule is CCC1CCNC(C(=O)Nc2cc(F)ccc2C(=O)O)C1. The molecule has 21 heavy (non-hydrogen) atoms. The van der Waals surface area contributed by atoms with Gasteiger partial charge in [-0.25, -0.2) is 9.18 Å². The molecule has 2 rings (SSSR count). The van der Waals surface area contributed by atoms with Crippen LogP contribution in [0.2, 0.25) is 0 Å². The van der Waals surface area contributed by atoms with Gasteiger partial charge >= 0.3 is 5.97 Å². The van der Waals surface area contributed by atoms with Gasteiger partial charge in [0.2, 0.25) is 5.91 Å². The van der Waals surface area contributed by atoms with Crippen molar-refractivity contribution in [3.05, 3.63) is 29.6 Å². The van der Waals surface area contributed by atoms with E-state index in [9.17, 15) is 14.0 Å². The van der Waals surface area contributed by atoms with Gasteiger partial charge in [0.15, 0.2) is 0 Å². The van der Waals surface area contributed by atoms with Crippen LogP contribution < -0.4 is 10.6 Å². The van der Waals surface area contributed by atoms with E-state index in [1.54, 1.807) is 0 Å². The third-order valence-corrected chi connectivity index (χ3v) is 3.88. The molecule has 1 fully saturated rings. The lowest BCUT2D eigenvalue weighted by atomic mass is 9.90. The molecule has 0 bridgehead atoms. The topological polar surface area (TPSA) is 78.4 Å². The van der Waals surface area contributed by atoms with Crippen molar-refractivity contribution >= 4 is 17.6 Å². The van der Waals surface area contributed by atoms with Crippen LogP contribution in [0.5, 0.6) is 0 Å². The van der Waals surface area contributed by atoms with Gasteiger partial charge < -0.3 is 15.7 Å². The molecular formula is C15H19FN2O3. The van der Waals surface area contributed by atoms with Crippen LogP contribution in [-0.2, 0) is 4.79 Å². The Bertz CT molecular complexity index is 548. The summed E-state index contributed by atoms with van der Waals surface area (Å²) >= 11 is 0. The summed E-state index contributed by atoms with van der Waals surface area (Å²) in [5.41, 5.74) is -0.125. The van der Waals surface area contributed by atoms with Gasteiger partial charge in [0.05, 0.1) is 17.3 Å². The first-order valence-corrected chi connectivity index (χ1v) is 7.08. The average Bonchev–Trinajstić information content (AvgIpc) is 2.47. The molecule has 1 saturated heterocycles. The molecule has 1 aliphatic rings. The maximum atomic E-state index is 13.3. The zero-order valence-electron chi connectivity index (χ0n) is 11.9. The Morgan fingerprint density at radius 3 is 2.90 bits per heavy atom. The lowest BCUT2D eigenvalue weighted by Gasteiger charge is -2.29. The van der Waals surface area contributed by atoms with E-state index in [-0.39, 0.29) is 23.2 Å². The van der Waals surface area contributed by atoms with Gasteiger partial charge in [-0.1, -0.05) is 13.3 Å². The van der Waals surface area contributed by atoms with E-state index in [1.165, 1.54) is 0 Å². The predicted octanol–water partition coefficient (Wildman–Crippen LogP) is 2.24. The highest BCUT2D eigenvalue weighted by Gasteiger charge is 2.26. The average molecular weight is 294 g/mol. The third kappa shape index (κ3) is 3.78. The fourth-order valence-electron chi connectivity index (χ4n) is 2.59. The van der Waals surface area contributed by atoms with Crippen LogP contribution in [0.15, 0.2) is 18.2 Å². The number of anilines is 1. The van der Waals surface area contributed by atoms with Crippen molar-refractivity contribution in [3.8, 4) is 0 Å². The Hall–Kier alpha value is -1.95. The highest BCUT2D eigenvalue weighted by Crippen LogP contribution is 2.22.